The van der Waals surface area contributed by atoms with Gasteiger partial charge in [0.2, 0.25) is 10.0 Å². The van der Waals surface area contributed by atoms with Gasteiger partial charge in [-0.3, -0.25) is 4.79 Å². The summed E-state index contributed by atoms with van der Waals surface area (Å²) < 4.78 is 38.3. The smallest absolute Gasteiger partial charge is 0.251 e. The van der Waals surface area contributed by atoms with Crippen molar-refractivity contribution in [2.45, 2.75) is 17.9 Å². The topological polar surface area (TPSA) is 66.5 Å². The summed E-state index contributed by atoms with van der Waals surface area (Å²) in [5.41, 5.74) is 0.994. The quantitative estimate of drug-likeness (QED) is 0.901. The minimum atomic E-state index is -3.61. The molecule has 2 aromatic rings. The summed E-state index contributed by atoms with van der Waals surface area (Å²) in [7, 11) is -0.748. The van der Waals surface area contributed by atoms with E-state index in [4.69, 9.17) is 0 Å². The molecule has 1 amide bonds. The van der Waals surface area contributed by atoms with Gasteiger partial charge in [-0.2, -0.15) is 0 Å². The van der Waals surface area contributed by atoms with Crippen molar-refractivity contribution in [1.82, 2.24) is 9.62 Å². The third kappa shape index (κ3) is 3.98. The molecule has 2 aromatic carbocycles. The maximum atomic E-state index is 13.0. The molecule has 0 aliphatic carbocycles. The van der Waals surface area contributed by atoms with Crippen molar-refractivity contribution in [1.29, 1.82) is 0 Å². The van der Waals surface area contributed by atoms with E-state index in [1.807, 2.05) is 0 Å². The molecule has 0 aliphatic rings. The van der Waals surface area contributed by atoms with E-state index in [0.29, 0.717) is 0 Å². The Kier molecular flexibility index (Phi) is 5.36. The van der Waals surface area contributed by atoms with Crippen molar-refractivity contribution in [3.63, 3.8) is 0 Å². The van der Waals surface area contributed by atoms with E-state index in [9.17, 15) is 17.6 Å². The zero-order valence-electron chi connectivity index (χ0n) is 13.7. The molecule has 128 valence electrons. The van der Waals surface area contributed by atoms with Gasteiger partial charge in [0, 0.05) is 19.7 Å². The van der Waals surface area contributed by atoms with E-state index >= 15 is 0 Å². The number of carbonyl (C=O) groups excluding carboxylic acids is 1. The van der Waals surface area contributed by atoms with E-state index in [1.54, 1.807) is 25.1 Å². The van der Waals surface area contributed by atoms with Gasteiger partial charge in [-0.15, -0.1) is 0 Å². The van der Waals surface area contributed by atoms with Crippen molar-refractivity contribution in [2.24, 2.45) is 0 Å². The van der Waals surface area contributed by atoms with Gasteiger partial charge in [0.05, 0.1) is 10.9 Å². The van der Waals surface area contributed by atoms with Crippen LogP contribution < -0.4 is 5.32 Å². The van der Waals surface area contributed by atoms with Crippen molar-refractivity contribution in [3.8, 4) is 0 Å². The summed E-state index contributed by atoms with van der Waals surface area (Å²) in [5, 5.41) is 2.77. The molecule has 0 aromatic heterocycles. The first-order valence-corrected chi connectivity index (χ1v) is 8.75. The Morgan fingerprint density at radius 2 is 1.75 bits per heavy atom. The second kappa shape index (κ2) is 7.11. The number of hydrogen-bond acceptors (Lipinski definition) is 3. The summed E-state index contributed by atoms with van der Waals surface area (Å²) in [6.07, 6.45) is 0. The zero-order chi connectivity index (χ0) is 17.9. The zero-order valence-corrected chi connectivity index (χ0v) is 14.5. The first kappa shape index (κ1) is 18.1. The first-order chi connectivity index (χ1) is 11.2. The average Bonchev–Trinajstić information content (AvgIpc) is 2.55. The van der Waals surface area contributed by atoms with Crippen LogP contribution in [-0.4, -0.2) is 32.7 Å². The predicted molar refractivity (Wildman–Crippen MR) is 89.6 cm³/mol. The van der Waals surface area contributed by atoms with E-state index in [-0.39, 0.29) is 22.3 Å². The summed E-state index contributed by atoms with van der Waals surface area (Å²) in [6, 6.07) is 11.3. The van der Waals surface area contributed by atoms with Crippen LogP contribution in [0.3, 0.4) is 0 Å². The van der Waals surface area contributed by atoms with Gasteiger partial charge in [0.15, 0.2) is 0 Å². The molecule has 1 atom stereocenters. The lowest BCUT2D eigenvalue weighted by Crippen LogP contribution is -2.27. The molecule has 0 saturated heterocycles. The molecule has 1 N–H and O–H groups in total. The van der Waals surface area contributed by atoms with Gasteiger partial charge in [0.25, 0.3) is 5.91 Å². The molecular weight excluding hydrogens is 331 g/mol. The molecule has 0 saturated carbocycles. The van der Waals surface area contributed by atoms with Gasteiger partial charge in [-0.1, -0.05) is 18.2 Å². The third-order valence-electron chi connectivity index (χ3n) is 3.59. The molecule has 0 unspecified atom stereocenters. The van der Waals surface area contributed by atoms with Crippen molar-refractivity contribution in [2.75, 3.05) is 14.1 Å². The van der Waals surface area contributed by atoms with Crippen LogP contribution in [0.5, 0.6) is 0 Å². The number of sulfonamides is 1. The van der Waals surface area contributed by atoms with Crippen LogP contribution in [-0.2, 0) is 10.0 Å². The van der Waals surface area contributed by atoms with Gasteiger partial charge < -0.3 is 5.32 Å². The maximum absolute atomic E-state index is 13.0. The molecule has 0 aliphatic heterocycles. The van der Waals surface area contributed by atoms with Gasteiger partial charge in [0.1, 0.15) is 5.82 Å². The van der Waals surface area contributed by atoms with E-state index in [2.05, 4.69) is 5.32 Å². The highest BCUT2D eigenvalue weighted by atomic mass is 32.2. The van der Waals surface area contributed by atoms with Crippen LogP contribution in [0.4, 0.5) is 4.39 Å². The second-order valence-electron chi connectivity index (χ2n) is 5.56. The summed E-state index contributed by atoms with van der Waals surface area (Å²) in [4.78, 5) is 12.4. The largest absolute Gasteiger partial charge is 0.346 e. The maximum Gasteiger partial charge on any atom is 0.251 e. The molecule has 0 heterocycles. The highest BCUT2D eigenvalue weighted by molar-refractivity contribution is 7.89. The molecule has 2 rings (SSSR count). The van der Waals surface area contributed by atoms with Gasteiger partial charge >= 0.3 is 0 Å². The van der Waals surface area contributed by atoms with Crippen LogP contribution >= 0.6 is 0 Å². The number of rotatable bonds is 5. The fraction of sp³-hybridized carbons (Fsp3) is 0.235. The van der Waals surface area contributed by atoms with Gasteiger partial charge in [-0.05, 0) is 42.8 Å². The van der Waals surface area contributed by atoms with Crippen LogP contribution in [0.25, 0.3) is 0 Å². The number of hydrogen-bond donors (Lipinski definition) is 1. The fourth-order valence-corrected chi connectivity index (χ4v) is 3.07. The van der Waals surface area contributed by atoms with Crippen LogP contribution in [0, 0.1) is 5.82 Å². The van der Waals surface area contributed by atoms with Crippen molar-refractivity contribution in [3.05, 3.63) is 65.5 Å². The van der Waals surface area contributed by atoms with Crippen molar-refractivity contribution < 1.29 is 17.6 Å². The third-order valence-corrected chi connectivity index (χ3v) is 5.40. The monoisotopic (exact) mass is 350 g/mol. The van der Waals surface area contributed by atoms with E-state index in [1.165, 1.54) is 44.4 Å². The lowest BCUT2D eigenvalue weighted by atomic mass is 10.1. The van der Waals surface area contributed by atoms with Crippen LogP contribution in [0.1, 0.15) is 28.9 Å². The SMILES string of the molecule is C[C@H](NC(=O)c1cccc(S(=O)(=O)N(C)C)c1)c1ccc(F)cc1. The molecule has 5 nitrogen and oxygen atoms in total. The molecule has 0 radical (unpaired) electrons. The Hall–Kier alpha value is -2.25. The molecule has 7 heteroatoms. The molecule has 0 spiro atoms. The molecule has 0 bridgehead atoms. The number of carbonyl (C=O) groups is 1. The Morgan fingerprint density at radius 3 is 2.33 bits per heavy atom. The number of benzene rings is 2. The first-order valence-electron chi connectivity index (χ1n) is 7.31. The Bertz CT molecular complexity index is 833. The minimum Gasteiger partial charge on any atom is -0.346 e. The average molecular weight is 350 g/mol. The van der Waals surface area contributed by atoms with Gasteiger partial charge in [-0.25, -0.2) is 17.1 Å². The van der Waals surface area contributed by atoms with Crippen molar-refractivity contribution >= 4 is 15.9 Å². The Balaban J connectivity index is 2.20. The number of nitrogens with zero attached hydrogens (tertiary/aromatic N) is 1. The summed E-state index contributed by atoms with van der Waals surface area (Å²) in [5.74, 6) is -0.749. The molecular formula is C17H19FN2O3S. The summed E-state index contributed by atoms with van der Waals surface area (Å²) >= 11 is 0. The number of nitrogens with one attached hydrogen (secondary N) is 1. The number of amides is 1. The Labute approximate surface area is 141 Å². The minimum absolute atomic E-state index is 0.0505. The highest BCUT2D eigenvalue weighted by Gasteiger charge is 2.19. The predicted octanol–water partition coefficient (Wildman–Crippen LogP) is 2.57. The normalized spacial score (nSPS) is 12.9. The van der Waals surface area contributed by atoms with E-state index < -0.39 is 15.9 Å². The standard InChI is InChI=1S/C17H19FN2O3S/c1-12(13-7-9-15(18)10-8-13)19-17(21)14-5-4-6-16(11-14)24(22,23)20(2)3/h4-12H,1-3H3,(H,19,21)/t12-/m0/s1. The fourth-order valence-electron chi connectivity index (χ4n) is 2.12. The van der Waals surface area contributed by atoms with E-state index in [0.717, 1.165) is 9.87 Å². The summed E-state index contributed by atoms with van der Waals surface area (Å²) in [6.45, 7) is 1.77. The highest BCUT2D eigenvalue weighted by Crippen LogP contribution is 2.17. The molecule has 24 heavy (non-hydrogen) atoms. The lowest BCUT2D eigenvalue weighted by Gasteiger charge is -2.15. The Morgan fingerprint density at radius 1 is 1.12 bits per heavy atom. The van der Waals surface area contributed by atoms with Crippen LogP contribution in [0.2, 0.25) is 0 Å². The lowest BCUT2D eigenvalue weighted by molar-refractivity contribution is 0.0939. The van der Waals surface area contributed by atoms with Crippen LogP contribution in [0.15, 0.2) is 53.4 Å². The number of halogens is 1. The second-order valence-corrected chi connectivity index (χ2v) is 7.71. The molecule has 0 fully saturated rings.